The van der Waals surface area contributed by atoms with Gasteiger partial charge >= 0.3 is 0 Å². The fourth-order valence-corrected chi connectivity index (χ4v) is 4.10. The smallest absolute Gasteiger partial charge is 0.265 e. The summed E-state index contributed by atoms with van der Waals surface area (Å²) in [6, 6.07) is 7.36. The number of nitrogens with one attached hydrogen (secondary N) is 1. The average molecular weight is 348 g/mol. The lowest BCUT2D eigenvalue weighted by atomic mass is 10.2. The number of carbonyl (C=O) groups is 1. The molecule has 1 N–H and O–H groups in total. The summed E-state index contributed by atoms with van der Waals surface area (Å²) in [5.41, 5.74) is 2.64. The number of aryl methyl sites for hydroxylation is 1. The van der Waals surface area contributed by atoms with Crippen LogP contribution in [0.25, 0.3) is 15.3 Å². The number of thiophene rings is 1. The molecule has 1 aromatic carbocycles. The third-order valence-electron chi connectivity index (χ3n) is 3.39. The van der Waals surface area contributed by atoms with E-state index in [4.69, 9.17) is 11.6 Å². The van der Waals surface area contributed by atoms with Crippen molar-refractivity contribution in [1.29, 1.82) is 0 Å². The van der Waals surface area contributed by atoms with Crippen molar-refractivity contribution in [3.63, 3.8) is 0 Å². The SMILES string of the molecule is Cc1ccc(NC(=O)c2cc3c(nc4sccn43)s2)cc1Cl. The molecule has 0 aliphatic rings. The lowest BCUT2D eigenvalue weighted by Crippen LogP contribution is -2.10. The second kappa shape index (κ2) is 5.08. The van der Waals surface area contributed by atoms with Gasteiger partial charge in [0.05, 0.1) is 10.4 Å². The van der Waals surface area contributed by atoms with Gasteiger partial charge in [0.2, 0.25) is 0 Å². The first-order chi connectivity index (χ1) is 10.6. The Morgan fingerprint density at radius 1 is 1.36 bits per heavy atom. The standard InChI is InChI=1S/C15H10ClN3OS2/c1-8-2-3-9(6-10(8)16)17-13(20)12-7-11-14(22-12)18-15-19(11)4-5-21-15/h2-7H,1H3,(H,17,20). The largest absolute Gasteiger partial charge is 0.321 e. The fourth-order valence-electron chi connectivity index (χ4n) is 2.22. The number of rotatable bonds is 2. The molecule has 0 atom stereocenters. The van der Waals surface area contributed by atoms with Crippen molar-refractivity contribution in [2.24, 2.45) is 0 Å². The Balaban J connectivity index is 1.66. The molecule has 0 fully saturated rings. The molecule has 4 aromatic rings. The van der Waals surface area contributed by atoms with Crippen LogP contribution in [0.4, 0.5) is 5.69 Å². The van der Waals surface area contributed by atoms with Gasteiger partial charge in [-0.15, -0.1) is 22.7 Å². The molecule has 3 aromatic heterocycles. The van der Waals surface area contributed by atoms with Crippen LogP contribution in [-0.4, -0.2) is 15.3 Å². The van der Waals surface area contributed by atoms with Crippen LogP contribution in [0.3, 0.4) is 0 Å². The summed E-state index contributed by atoms with van der Waals surface area (Å²) in [4.78, 5) is 19.3. The van der Waals surface area contributed by atoms with Crippen LogP contribution >= 0.6 is 34.3 Å². The normalized spacial score (nSPS) is 11.4. The average Bonchev–Trinajstić information content (AvgIpc) is 3.14. The van der Waals surface area contributed by atoms with Gasteiger partial charge in [0.1, 0.15) is 4.83 Å². The molecule has 0 aliphatic heterocycles. The quantitative estimate of drug-likeness (QED) is 0.564. The minimum absolute atomic E-state index is 0.146. The zero-order valence-corrected chi connectivity index (χ0v) is 13.9. The fraction of sp³-hybridized carbons (Fsp3) is 0.0667. The van der Waals surface area contributed by atoms with Crippen LogP contribution in [0.5, 0.6) is 0 Å². The number of thiazole rings is 1. The molecule has 0 saturated carbocycles. The monoisotopic (exact) mass is 347 g/mol. The van der Waals surface area contributed by atoms with Gasteiger partial charge in [0.25, 0.3) is 5.91 Å². The molecular weight excluding hydrogens is 338 g/mol. The van der Waals surface area contributed by atoms with Crippen LogP contribution in [0, 0.1) is 6.92 Å². The van der Waals surface area contributed by atoms with E-state index in [-0.39, 0.29) is 5.91 Å². The summed E-state index contributed by atoms with van der Waals surface area (Å²) in [7, 11) is 0. The highest BCUT2D eigenvalue weighted by atomic mass is 35.5. The maximum atomic E-state index is 12.4. The van der Waals surface area contributed by atoms with Gasteiger partial charge < -0.3 is 5.32 Å². The number of benzene rings is 1. The van der Waals surface area contributed by atoms with E-state index in [9.17, 15) is 4.79 Å². The number of amides is 1. The van der Waals surface area contributed by atoms with E-state index in [0.717, 1.165) is 20.9 Å². The Kier molecular flexibility index (Phi) is 3.18. The molecule has 0 aliphatic carbocycles. The summed E-state index contributed by atoms with van der Waals surface area (Å²) in [6.07, 6.45) is 1.96. The van der Waals surface area contributed by atoms with E-state index in [1.165, 1.54) is 11.3 Å². The number of fused-ring (bicyclic) bond motifs is 3. The highest BCUT2D eigenvalue weighted by molar-refractivity contribution is 7.21. The summed E-state index contributed by atoms with van der Waals surface area (Å²) in [5, 5.41) is 5.49. The Labute approximate surface area is 139 Å². The highest BCUT2D eigenvalue weighted by Crippen LogP contribution is 2.29. The first-order valence-electron chi connectivity index (χ1n) is 6.54. The summed E-state index contributed by atoms with van der Waals surface area (Å²) < 4.78 is 2.00. The van der Waals surface area contributed by atoms with E-state index in [2.05, 4.69) is 10.3 Å². The zero-order valence-electron chi connectivity index (χ0n) is 11.5. The molecule has 0 bridgehead atoms. The van der Waals surface area contributed by atoms with Gasteiger partial charge in [0.15, 0.2) is 4.96 Å². The minimum atomic E-state index is -0.146. The maximum Gasteiger partial charge on any atom is 0.265 e. The van der Waals surface area contributed by atoms with Gasteiger partial charge in [0, 0.05) is 22.3 Å². The molecule has 3 heterocycles. The number of imidazole rings is 1. The number of hydrogen-bond acceptors (Lipinski definition) is 4. The first kappa shape index (κ1) is 13.8. The molecule has 22 heavy (non-hydrogen) atoms. The van der Waals surface area contributed by atoms with Crippen molar-refractivity contribution in [2.45, 2.75) is 6.92 Å². The second-order valence-electron chi connectivity index (χ2n) is 4.89. The number of anilines is 1. The molecule has 4 nitrogen and oxygen atoms in total. The van der Waals surface area contributed by atoms with Gasteiger partial charge in [-0.1, -0.05) is 17.7 Å². The molecule has 1 amide bonds. The van der Waals surface area contributed by atoms with E-state index < -0.39 is 0 Å². The number of nitrogens with zero attached hydrogens (tertiary/aromatic N) is 2. The van der Waals surface area contributed by atoms with Gasteiger partial charge in [-0.05, 0) is 30.7 Å². The number of halogens is 1. The van der Waals surface area contributed by atoms with Crippen molar-refractivity contribution in [3.8, 4) is 0 Å². The van der Waals surface area contributed by atoms with Crippen molar-refractivity contribution in [2.75, 3.05) is 5.32 Å². The minimum Gasteiger partial charge on any atom is -0.321 e. The lowest BCUT2D eigenvalue weighted by Gasteiger charge is -2.05. The number of aromatic nitrogens is 2. The van der Waals surface area contributed by atoms with Crippen molar-refractivity contribution < 1.29 is 4.79 Å². The summed E-state index contributed by atoms with van der Waals surface area (Å²) >= 11 is 9.05. The Morgan fingerprint density at radius 2 is 2.23 bits per heavy atom. The predicted octanol–water partition coefficient (Wildman–Crippen LogP) is 4.82. The van der Waals surface area contributed by atoms with E-state index in [1.54, 1.807) is 17.4 Å². The molecule has 0 radical (unpaired) electrons. The highest BCUT2D eigenvalue weighted by Gasteiger charge is 2.15. The van der Waals surface area contributed by atoms with Crippen LogP contribution in [-0.2, 0) is 0 Å². The molecule has 110 valence electrons. The van der Waals surface area contributed by atoms with Crippen molar-refractivity contribution in [1.82, 2.24) is 9.38 Å². The Bertz CT molecular complexity index is 1010. The van der Waals surface area contributed by atoms with Crippen molar-refractivity contribution >= 4 is 61.2 Å². The Hall–Kier alpha value is -1.89. The van der Waals surface area contributed by atoms with Gasteiger partial charge in [-0.25, -0.2) is 4.98 Å². The van der Waals surface area contributed by atoms with Crippen LogP contribution in [0.2, 0.25) is 5.02 Å². The van der Waals surface area contributed by atoms with Gasteiger partial charge in [-0.2, -0.15) is 0 Å². The van der Waals surface area contributed by atoms with E-state index in [1.807, 2.05) is 41.1 Å². The van der Waals surface area contributed by atoms with E-state index in [0.29, 0.717) is 15.6 Å². The maximum absolute atomic E-state index is 12.4. The molecule has 0 spiro atoms. The number of carbonyl (C=O) groups excluding carboxylic acids is 1. The van der Waals surface area contributed by atoms with Crippen LogP contribution < -0.4 is 5.32 Å². The molecule has 7 heteroatoms. The summed E-state index contributed by atoms with van der Waals surface area (Å²) in [6.45, 7) is 1.93. The van der Waals surface area contributed by atoms with Crippen molar-refractivity contribution in [3.05, 3.63) is 51.3 Å². The van der Waals surface area contributed by atoms with Gasteiger partial charge in [-0.3, -0.25) is 9.20 Å². The summed E-state index contributed by atoms with van der Waals surface area (Å²) in [5.74, 6) is -0.146. The Morgan fingerprint density at radius 3 is 3.05 bits per heavy atom. The predicted molar refractivity (Wildman–Crippen MR) is 92.6 cm³/mol. The molecule has 0 unspecified atom stereocenters. The zero-order chi connectivity index (χ0) is 15.3. The third kappa shape index (κ3) is 2.20. The second-order valence-corrected chi connectivity index (χ2v) is 7.20. The van der Waals surface area contributed by atoms with Crippen LogP contribution in [0.15, 0.2) is 35.8 Å². The lowest BCUT2D eigenvalue weighted by molar-refractivity contribution is 0.103. The number of hydrogen-bond donors (Lipinski definition) is 1. The molecular formula is C15H10ClN3OS2. The molecule has 4 rings (SSSR count). The third-order valence-corrected chi connectivity index (χ3v) is 5.57. The topological polar surface area (TPSA) is 46.4 Å². The first-order valence-corrected chi connectivity index (χ1v) is 8.62. The van der Waals surface area contributed by atoms with Crippen LogP contribution in [0.1, 0.15) is 15.2 Å². The van der Waals surface area contributed by atoms with E-state index >= 15 is 0 Å². The molecule has 0 saturated heterocycles.